The number of fused-ring (bicyclic) bond motifs is 1. The van der Waals surface area contributed by atoms with Crippen LogP contribution in [0.4, 0.5) is 11.5 Å². The van der Waals surface area contributed by atoms with Crippen LogP contribution < -0.4 is 15.5 Å². The molecule has 0 bridgehead atoms. The van der Waals surface area contributed by atoms with E-state index in [9.17, 15) is 4.79 Å². The van der Waals surface area contributed by atoms with Crippen molar-refractivity contribution in [1.82, 2.24) is 10.3 Å². The molecule has 0 radical (unpaired) electrons. The van der Waals surface area contributed by atoms with Crippen LogP contribution in [0.5, 0.6) is 0 Å². The molecule has 0 saturated carbocycles. The van der Waals surface area contributed by atoms with Crippen molar-refractivity contribution in [3.63, 3.8) is 0 Å². The van der Waals surface area contributed by atoms with Crippen LogP contribution in [0.2, 0.25) is 0 Å². The highest BCUT2D eigenvalue weighted by Crippen LogP contribution is 2.31. The highest BCUT2D eigenvalue weighted by Gasteiger charge is 2.19. The van der Waals surface area contributed by atoms with Crippen LogP contribution in [-0.2, 0) is 12.8 Å². The van der Waals surface area contributed by atoms with E-state index in [-0.39, 0.29) is 5.91 Å². The van der Waals surface area contributed by atoms with Crippen molar-refractivity contribution in [3.05, 3.63) is 39.7 Å². The molecule has 1 aliphatic carbocycles. The smallest absolute Gasteiger partial charge is 0.266 e. The number of amides is 1. The third kappa shape index (κ3) is 3.09. The van der Waals surface area contributed by atoms with Gasteiger partial charge in [0.15, 0.2) is 0 Å². The number of carbonyl (C=O) groups excluding carboxylic acids is 1. The molecular weight excluding hydrogens is 308 g/mol. The number of rotatable bonds is 3. The molecule has 23 heavy (non-hydrogen) atoms. The summed E-state index contributed by atoms with van der Waals surface area (Å²) < 4.78 is 0. The summed E-state index contributed by atoms with van der Waals surface area (Å²) in [6, 6.07) is 5.95. The zero-order chi connectivity index (χ0) is 15.6. The van der Waals surface area contributed by atoms with Gasteiger partial charge in [-0.2, -0.15) is 0 Å². The molecule has 2 aliphatic rings. The molecule has 5 nitrogen and oxygen atoms in total. The SMILES string of the molecule is O=C(Nc1ccc(N2CCNCC2)cn1)c1cc2c(s1)CCC2. The summed E-state index contributed by atoms with van der Waals surface area (Å²) in [7, 11) is 0. The van der Waals surface area contributed by atoms with E-state index in [1.54, 1.807) is 11.3 Å². The van der Waals surface area contributed by atoms with Gasteiger partial charge in [-0.1, -0.05) is 0 Å². The normalized spacial score (nSPS) is 17.1. The molecule has 120 valence electrons. The maximum Gasteiger partial charge on any atom is 0.266 e. The molecular formula is C17H20N4OS. The molecule has 2 N–H and O–H groups in total. The first-order chi connectivity index (χ1) is 11.3. The Kier molecular flexibility index (Phi) is 4.01. The Bertz CT molecular complexity index is 682. The summed E-state index contributed by atoms with van der Waals surface area (Å²) in [6.07, 6.45) is 5.29. The lowest BCUT2D eigenvalue weighted by atomic mass is 10.2. The summed E-state index contributed by atoms with van der Waals surface area (Å²) in [5.41, 5.74) is 2.46. The average Bonchev–Trinajstić information content (AvgIpc) is 3.18. The second-order valence-electron chi connectivity index (χ2n) is 6.01. The topological polar surface area (TPSA) is 57.3 Å². The van der Waals surface area contributed by atoms with Gasteiger partial charge < -0.3 is 15.5 Å². The number of piperazine rings is 1. The first kappa shape index (κ1) is 14.7. The summed E-state index contributed by atoms with van der Waals surface area (Å²) >= 11 is 1.62. The summed E-state index contributed by atoms with van der Waals surface area (Å²) in [5, 5.41) is 6.24. The van der Waals surface area contributed by atoms with Gasteiger partial charge in [-0.25, -0.2) is 4.98 Å². The van der Waals surface area contributed by atoms with Gasteiger partial charge in [-0.3, -0.25) is 4.79 Å². The minimum Gasteiger partial charge on any atom is -0.368 e. The van der Waals surface area contributed by atoms with Gasteiger partial charge in [0.1, 0.15) is 5.82 Å². The van der Waals surface area contributed by atoms with Gasteiger partial charge >= 0.3 is 0 Å². The Morgan fingerprint density at radius 2 is 2.13 bits per heavy atom. The second kappa shape index (κ2) is 6.29. The van der Waals surface area contributed by atoms with E-state index < -0.39 is 0 Å². The molecule has 3 heterocycles. The van der Waals surface area contributed by atoms with Crippen LogP contribution in [-0.4, -0.2) is 37.1 Å². The quantitative estimate of drug-likeness (QED) is 0.908. The summed E-state index contributed by atoms with van der Waals surface area (Å²) in [5.74, 6) is 0.564. The van der Waals surface area contributed by atoms with Gasteiger partial charge in [0, 0.05) is 31.1 Å². The van der Waals surface area contributed by atoms with E-state index >= 15 is 0 Å². The van der Waals surface area contributed by atoms with Crippen molar-refractivity contribution < 1.29 is 4.79 Å². The van der Waals surface area contributed by atoms with Crippen LogP contribution in [0.1, 0.15) is 26.5 Å². The number of carbonyl (C=O) groups is 1. The van der Waals surface area contributed by atoms with E-state index in [2.05, 4.69) is 20.5 Å². The van der Waals surface area contributed by atoms with Crippen molar-refractivity contribution in [2.24, 2.45) is 0 Å². The molecule has 4 rings (SSSR count). The second-order valence-corrected chi connectivity index (χ2v) is 7.14. The van der Waals surface area contributed by atoms with Crippen molar-refractivity contribution in [2.75, 3.05) is 36.4 Å². The van der Waals surface area contributed by atoms with E-state index in [0.29, 0.717) is 5.82 Å². The molecule has 6 heteroatoms. The highest BCUT2D eigenvalue weighted by molar-refractivity contribution is 7.14. The van der Waals surface area contributed by atoms with Crippen LogP contribution in [0, 0.1) is 0 Å². The first-order valence-corrected chi connectivity index (χ1v) is 8.96. The van der Waals surface area contributed by atoms with Gasteiger partial charge in [-0.15, -0.1) is 11.3 Å². The van der Waals surface area contributed by atoms with Gasteiger partial charge in [-0.05, 0) is 43.0 Å². The number of thiophene rings is 1. The molecule has 1 amide bonds. The molecule has 0 unspecified atom stereocenters. The minimum atomic E-state index is -0.0492. The summed E-state index contributed by atoms with van der Waals surface area (Å²) in [4.78, 5) is 21.2. The fraction of sp³-hybridized carbons (Fsp3) is 0.412. The Hall–Kier alpha value is -1.92. The van der Waals surface area contributed by atoms with Crippen molar-refractivity contribution in [3.8, 4) is 0 Å². The fourth-order valence-electron chi connectivity index (χ4n) is 3.19. The van der Waals surface area contributed by atoms with Crippen molar-refractivity contribution in [1.29, 1.82) is 0 Å². The molecule has 0 spiro atoms. The molecule has 2 aromatic heterocycles. The number of aryl methyl sites for hydroxylation is 2. The van der Waals surface area contributed by atoms with Crippen LogP contribution >= 0.6 is 11.3 Å². The number of nitrogens with one attached hydrogen (secondary N) is 2. The molecule has 0 aromatic carbocycles. The standard InChI is InChI=1S/C17H20N4OS/c22-17(15-10-12-2-1-3-14(12)23-15)20-16-5-4-13(11-19-16)21-8-6-18-7-9-21/h4-5,10-11,18H,1-3,6-9H2,(H,19,20,22). The first-order valence-electron chi connectivity index (χ1n) is 8.14. The Morgan fingerprint density at radius 1 is 1.26 bits per heavy atom. The largest absolute Gasteiger partial charge is 0.368 e. The zero-order valence-corrected chi connectivity index (χ0v) is 13.8. The fourth-order valence-corrected chi connectivity index (χ4v) is 4.34. The average molecular weight is 328 g/mol. The van der Waals surface area contributed by atoms with Crippen LogP contribution in [0.15, 0.2) is 24.4 Å². The van der Waals surface area contributed by atoms with Gasteiger partial charge in [0.25, 0.3) is 5.91 Å². The minimum absolute atomic E-state index is 0.0492. The predicted molar refractivity (Wildman–Crippen MR) is 93.6 cm³/mol. The Balaban J connectivity index is 1.42. The monoisotopic (exact) mass is 328 g/mol. The van der Waals surface area contributed by atoms with E-state index in [1.807, 2.05) is 24.4 Å². The third-order valence-corrected chi connectivity index (χ3v) is 5.68. The molecule has 0 atom stereocenters. The zero-order valence-electron chi connectivity index (χ0n) is 13.0. The Morgan fingerprint density at radius 3 is 2.87 bits per heavy atom. The highest BCUT2D eigenvalue weighted by atomic mass is 32.1. The number of anilines is 2. The lowest BCUT2D eigenvalue weighted by Gasteiger charge is -2.29. The Labute approximate surface area is 139 Å². The van der Waals surface area contributed by atoms with E-state index in [4.69, 9.17) is 0 Å². The summed E-state index contributed by atoms with van der Waals surface area (Å²) in [6.45, 7) is 3.99. The number of hydrogen-bond acceptors (Lipinski definition) is 5. The maximum atomic E-state index is 12.3. The van der Waals surface area contributed by atoms with Crippen LogP contribution in [0.25, 0.3) is 0 Å². The third-order valence-electron chi connectivity index (χ3n) is 4.44. The van der Waals surface area contributed by atoms with Crippen molar-refractivity contribution >= 4 is 28.7 Å². The van der Waals surface area contributed by atoms with E-state index in [1.165, 1.54) is 16.9 Å². The maximum absolute atomic E-state index is 12.3. The number of hydrogen-bond donors (Lipinski definition) is 2. The number of pyridine rings is 1. The lowest BCUT2D eigenvalue weighted by Crippen LogP contribution is -2.43. The molecule has 1 saturated heterocycles. The van der Waals surface area contributed by atoms with Crippen LogP contribution in [0.3, 0.4) is 0 Å². The predicted octanol–water partition coefficient (Wildman–Crippen LogP) is 2.29. The number of aromatic nitrogens is 1. The van der Waals surface area contributed by atoms with Crippen molar-refractivity contribution in [2.45, 2.75) is 19.3 Å². The molecule has 1 aliphatic heterocycles. The number of nitrogens with zero attached hydrogens (tertiary/aromatic N) is 2. The lowest BCUT2D eigenvalue weighted by molar-refractivity contribution is 0.103. The van der Waals surface area contributed by atoms with E-state index in [0.717, 1.165) is 49.6 Å². The molecule has 1 fully saturated rings. The van der Waals surface area contributed by atoms with Gasteiger partial charge in [0.05, 0.1) is 16.8 Å². The van der Waals surface area contributed by atoms with Gasteiger partial charge in [0.2, 0.25) is 0 Å². The molecule has 2 aromatic rings.